The number of nitrogens with one attached hydrogen (secondary N) is 1. The van der Waals surface area contributed by atoms with E-state index in [0.29, 0.717) is 11.3 Å². The maximum absolute atomic E-state index is 12.0. The molecule has 1 amide bonds. The topological polar surface area (TPSA) is 90.3 Å². The molecule has 0 aromatic heterocycles. The third-order valence-corrected chi connectivity index (χ3v) is 4.21. The van der Waals surface area contributed by atoms with Gasteiger partial charge in [0, 0.05) is 11.2 Å². The number of carbonyl (C=O) groups excluding carboxylic acids is 1. The Balaban J connectivity index is 2.82. The highest BCUT2D eigenvalue weighted by molar-refractivity contribution is 7.88. The lowest BCUT2D eigenvalue weighted by molar-refractivity contribution is -0.117. The lowest BCUT2D eigenvalue weighted by Crippen LogP contribution is -2.48. The Hall–Kier alpha value is -1.91. The molecule has 21 heavy (non-hydrogen) atoms. The van der Waals surface area contributed by atoms with E-state index >= 15 is 0 Å². The van der Waals surface area contributed by atoms with Gasteiger partial charge in [0.15, 0.2) is 0 Å². The Morgan fingerprint density at radius 2 is 1.81 bits per heavy atom. The zero-order valence-corrected chi connectivity index (χ0v) is 13.4. The quantitative estimate of drug-likeness (QED) is 0.913. The van der Waals surface area contributed by atoms with Gasteiger partial charge < -0.3 is 5.32 Å². The monoisotopic (exact) mass is 309 g/mol. The summed E-state index contributed by atoms with van der Waals surface area (Å²) in [6.07, 6.45) is 1.08. The molecular weight excluding hydrogens is 290 g/mol. The molecule has 0 fully saturated rings. The molecule has 0 unspecified atom stereocenters. The van der Waals surface area contributed by atoms with Gasteiger partial charge in [-0.1, -0.05) is 0 Å². The summed E-state index contributed by atoms with van der Waals surface area (Å²) in [5.74, 6) is -0.431. The second-order valence-electron chi connectivity index (χ2n) is 5.68. The van der Waals surface area contributed by atoms with Gasteiger partial charge in [0.2, 0.25) is 15.9 Å². The van der Waals surface area contributed by atoms with Crippen LogP contribution in [0.3, 0.4) is 0 Å². The second kappa shape index (κ2) is 6.24. The van der Waals surface area contributed by atoms with Crippen LogP contribution >= 0.6 is 0 Å². The van der Waals surface area contributed by atoms with Gasteiger partial charge in [0.1, 0.15) is 0 Å². The Labute approximate surface area is 125 Å². The zero-order chi connectivity index (χ0) is 16.3. The minimum atomic E-state index is -3.49. The molecule has 1 aromatic rings. The fourth-order valence-electron chi connectivity index (χ4n) is 1.81. The van der Waals surface area contributed by atoms with Crippen molar-refractivity contribution < 1.29 is 13.2 Å². The van der Waals surface area contributed by atoms with Crippen LogP contribution in [-0.4, -0.2) is 37.0 Å². The van der Waals surface area contributed by atoms with Crippen molar-refractivity contribution in [1.82, 2.24) is 4.31 Å². The van der Waals surface area contributed by atoms with Crippen LogP contribution in [0.15, 0.2) is 24.3 Å². The summed E-state index contributed by atoms with van der Waals surface area (Å²) in [7, 11) is -3.49. The van der Waals surface area contributed by atoms with E-state index in [1.54, 1.807) is 45.0 Å². The molecular formula is C14H19N3O3S. The van der Waals surface area contributed by atoms with Crippen LogP contribution in [-0.2, 0) is 14.8 Å². The van der Waals surface area contributed by atoms with Gasteiger partial charge in [-0.05, 0) is 45.0 Å². The van der Waals surface area contributed by atoms with Crippen molar-refractivity contribution in [2.24, 2.45) is 0 Å². The molecule has 114 valence electrons. The van der Waals surface area contributed by atoms with E-state index < -0.39 is 21.5 Å². The number of benzene rings is 1. The summed E-state index contributed by atoms with van der Waals surface area (Å²) in [5.41, 5.74) is 0.317. The first-order chi connectivity index (χ1) is 9.54. The SMILES string of the molecule is CC(C)(C)N(CC(=O)Nc1ccc(C#N)cc1)S(C)(=O)=O. The van der Waals surface area contributed by atoms with E-state index in [4.69, 9.17) is 5.26 Å². The average molecular weight is 309 g/mol. The van der Waals surface area contributed by atoms with Crippen molar-refractivity contribution in [1.29, 1.82) is 5.26 Å². The lowest BCUT2D eigenvalue weighted by Gasteiger charge is -2.32. The number of hydrogen-bond acceptors (Lipinski definition) is 4. The molecule has 0 aliphatic heterocycles. The van der Waals surface area contributed by atoms with Crippen molar-refractivity contribution in [3.63, 3.8) is 0 Å². The van der Waals surface area contributed by atoms with Crippen LogP contribution in [0, 0.1) is 11.3 Å². The van der Waals surface area contributed by atoms with E-state index in [9.17, 15) is 13.2 Å². The molecule has 1 rings (SSSR count). The molecule has 0 saturated carbocycles. The standard InChI is InChI=1S/C14H19N3O3S/c1-14(2,3)17(21(4,19)20)10-13(18)16-12-7-5-11(9-15)6-8-12/h5-8H,10H2,1-4H3,(H,16,18). The van der Waals surface area contributed by atoms with Gasteiger partial charge in [-0.3, -0.25) is 4.79 Å². The van der Waals surface area contributed by atoms with Crippen LogP contribution in [0.5, 0.6) is 0 Å². The number of rotatable bonds is 4. The highest BCUT2D eigenvalue weighted by atomic mass is 32.2. The number of carbonyl (C=O) groups is 1. The van der Waals surface area contributed by atoms with E-state index in [-0.39, 0.29) is 6.54 Å². The molecule has 1 aromatic carbocycles. The maximum atomic E-state index is 12.0. The van der Waals surface area contributed by atoms with Gasteiger partial charge in [0.05, 0.1) is 24.4 Å². The first-order valence-corrected chi connectivity index (χ1v) is 8.16. The molecule has 7 heteroatoms. The smallest absolute Gasteiger partial charge is 0.239 e. The number of sulfonamides is 1. The van der Waals surface area contributed by atoms with Gasteiger partial charge in [-0.15, -0.1) is 0 Å². The molecule has 0 aliphatic rings. The Bertz CT molecular complexity index is 652. The zero-order valence-electron chi connectivity index (χ0n) is 12.5. The van der Waals surface area contributed by atoms with Crippen molar-refractivity contribution in [2.45, 2.75) is 26.3 Å². The van der Waals surface area contributed by atoms with Crippen LogP contribution in [0.25, 0.3) is 0 Å². The van der Waals surface area contributed by atoms with Crippen LogP contribution in [0.2, 0.25) is 0 Å². The first kappa shape index (κ1) is 17.1. The molecule has 0 atom stereocenters. The predicted molar refractivity (Wildman–Crippen MR) is 81.1 cm³/mol. The van der Waals surface area contributed by atoms with E-state index in [2.05, 4.69) is 5.32 Å². The third kappa shape index (κ3) is 5.17. The minimum Gasteiger partial charge on any atom is -0.325 e. The molecule has 1 N–H and O–H groups in total. The first-order valence-electron chi connectivity index (χ1n) is 6.32. The van der Waals surface area contributed by atoms with E-state index in [1.165, 1.54) is 0 Å². The number of nitrogens with zero attached hydrogens (tertiary/aromatic N) is 2. The van der Waals surface area contributed by atoms with Crippen LogP contribution < -0.4 is 5.32 Å². The number of hydrogen-bond donors (Lipinski definition) is 1. The highest BCUT2D eigenvalue weighted by Crippen LogP contribution is 2.17. The fourth-order valence-corrected chi connectivity index (χ4v) is 3.16. The van der Waals surface area contributed by atoms with Crippen LogP contribution in [0.4, 0.5) is 5.69 Å². The minimum absolute atomic E-state index is 0.262. The Morgan fingerprint density at radius 1 is 1.29 bits per heavy atom. The molecule has 0 saturated heterocycles. The predicted octanol–water partition coefficient (Wildman–Crippen LogP) is 1.56. The highest BCUT2D eigenvalue weighted by Gasteiger charge is 2.31. The summed E-state index contributed by atoms with van der Waals surface area (Å²) in [4.78, 5) is 12.0. The summed E-state index contributed by atoms with van der Waals surface area (Å²) >= 11 is 0. The average Bonchev–Trinajstić information content (AvgIpc) is 2.34. The molecule has 6 nitrogen and oxygen atoms in total. The maximum Gasteiger partial charge on any atom is 0.239 e. The molecule has 0 bridgehead atoms. The van der Waals surface area contributed by atoms with Crippen molar-refractivity contribution in [3.05, 3.63) is 29.8 Å². The molecule has 0 spiro atoms. The summed E-state index contributed by atoms with van der Waals surface area (Å²) in [6, 6.07) is 8.32. The van der Waals surface area contributed by atoms with Gasteiger partial charge in [0.25, 0.3) is 0 Å². The summed E-state index contributed by atoms with van der Waals surface area (Å²) in [5, 5.41) is 11.3. The van der Waals surface area contributed by atoms with Gasteiger partial charge >= 0.3 is 0 Å². The fraction of sp³-hybridized carbons (Fsp3) is 0.429. The van der Waals surface area contributed by atoms with Crippen LogP contribution in [0.1, 0.15) is 26.3 Å². The number of nitriles is 1. The van der Waals surface area contributed by atoms with Crippen molar-refractivity contribution in [3.8, 4) is 6.07 Å². The third-order valence-electron chi connectivity index (χ3n) is 2.73. The second-order valence-corrected chi connectivity index (χ2v) is 7.58. The largest absolute Gasteiger partial charge is 0.325 e. The Morgan fingerprint density at radius 3 is 2.19 bits per heavy atom. The lowest BCUT2D eigenvalue weighted by atomic mass is 10.1. The molecule has 0 radical (unpaired) electrons. The molecule has 0 heterocycles. The van der Waals surface area contributed by atoms with E-state index in [0.717, 1.165) is 10.6 Å². The van der Waals surface area contributed by atoms with E-state index in [1.807, 2.05) is 6.07 Å². The summed E-state index contributed by atoms with van der Waals surface area (Å²) < 4.78 is 24.7. The Kier molecular flexibility index (Phi) is 5.10. The van der Waals surface area contributed by atoms with Crippen molar-refractivity contribution in [2.75, 3.05) is 18.1 Å². The van der Waals surface area contributed by atoms with Gasteiger partial charge in [-0.2, -0.15) is 9.57 Å². The number of anilines is 1. The van der Waals surface area contributed by atoms with Crippen molar-refractivity contribution >= 4 is 21.6 Å². The van der Waals surface area contributed by atoms with Gasteiger partial charge in [-0.25, -0.2) is 8.42 Å². The molecule has 0 aliphatic carbocycles. The summed E-state index contributed by atoms with van der Waals surface area (Å²) in [6.45, 7) is 4.91. The normalized spacial score (nSPS) is 12.0. The number of amides is 1.